The fourth-order valence-corrected chi connectivity index (χ4v) is 3.78. The third-order valence-electron chi connectivity index (χ3n) is 4.61. The molecule has 6 N–H and O–H groups in total. The van der Waals surface area contributed by atoms with Crippen molar-refractivity contribution in [3.8, 4) is 45.9 Å². The molecule has 0 aliphatic heterocycles. The molecule has 1 aromatic heterocycles. The van der Waals surface area contributed by atoms with Gasteiger partial charge in [0, 0.05) is 5.69 Å². The lowest BCUT2D eigenvalue weighted by molar-refractivity contribution is 0.333. The summed E-state index contributed by atoms with van der Waals surface area (Å²) in [6, 6.07) is 8.48. The summed E-state index contributed by atoms with van der Waals surface area (Å²) in [6.45, 7) is 0. The van der Waals surface area contributed by atoms with Gasteiger partial charge in [0.15, 0.2) is 23.0 Å². The van der Waals surface area contributed by atoms with Crippen LogP contribution in [0.4, 0.5) is 0 Å². The second-order valence-electron chi connectivity index (χ2n) is 6.06. The summed E-state index contributed by atoms with van der Waals surface area (Å²) in [5.41, 5.74) is 0.315. The van der Waals surface area contributed by atoms with Gasteiger partial charge in [-0.05, 0) is 28.1 Å². The number of para-hydroxylation sites is 1. The Morgan fingerprint density at radius 1 is 0.714 bits per heavy atom. The number of rotatable bonds is 2. The number of benzene rings is 3. The van der Waals surface area contributed by atoms with E-state index >= 15 is 0 Å². The van der Waals surface area contributed by atoms with Crippen LogP contribution in [0.5, 0.6) is 40.2 Å². The maximum atomic E-state index is 10.8. The summed E-state index contributed by atoms with van der Waals surface area (Å²) >= 11 is 2.99. The summed E-state index contributed by atoms with van der Waals surface area (Å²) in [5, 5.41) is 62.8. The van der Waals surface area contributed by atoms with Gasteiger partial charge in [-0.25, -0.2) is 0 Å². The smallest absolute Gasteiger partial charge is 0.209 e. The minimum atomic E-state index is -0.734. The van der Waals surface area contributed by atoms with Crippen molar-refractivity contribution >= 4 is 37.7 Å². The molecule has 0 spiro atoms. The van der Waals surface area contributed by atoms with Crippen molar-refractivity contribution in [1.82, 2.24) is 4.57 Å². The van der Waals surface area contributed by atoms with Crippen LogP contribution in [0.3, 0.4) is 0 Å². The van der Waals surface area contributed by atoms with E-state index < -0.39 is 34.5 Å². The molecule has 144 valence electrons. The molecule has 0 bridgehead atoms. The van der Waals surface area contributed by atoms with Crippen molar-refractivity contribution in [2.45, 2.75) is 0 Å². The molecule has 0 saturated carbocycles. The van der Waals surface area contributed by atoms with Crippen LogP contribution in [0.2, 0.25) is 0 Å². The van der Waals surface area contributed by atoms with Crippen LogP contribution in [0.15, 0.2) is 34.8 Å². The first-order valence-electron chi connectivity index (χ1n) is 7.97. The third kappa shape index (κ3) is 2.10. The molecule has 4 rings (SSSR count). The van der Waals surface area contributed by atoms with E-state index in [9.17, 15) is 30.6 Å². The Kier molecular flexibility index (Phi) is 3.86. The number of methoxy groups -OCH3 is 1. The Hall–Kier alpha value is -3.46. The summed E-state index contributed by atoms with van der Waals surface area (Å²) < 4.78 is 6.13. The Balaban J connectivity index is 2.44. The first-order valence-corrected chi connectivity index (χ1v) is 8.77. The average molecular weight is 448 g/mol. The predicted molar refractivity (Wildman–Crippen MR) is 105 cm³/mol. The summed E-state index contributed by atoms with van der Waals surface area (Å²) in [5.74, 6) is -4.03. The molecule has 1 heterocycles. The van der Waals surface area contributed by atoms with Gasteiger partial charge in [0.25, 0.3) is 0 Å². The molecule has 0 unspecified atom stereocenters. The number of hydrogen-bond donors (Lipinski definition) is 6. The van der Waals surface area contributed by atoms with Crippen molar-refractivity contribution in [3.05, 3.63) is 34.8 Å². The number of fused-ring (bicyclic) bond motifs is 3. The first kappa shape index (κ1) is 17.9. The van der Waals surface area contributed by atoms with E-state index in [1.165, 1.54) is 11.7 Å². The molecule has 0 fully saturated rings. The topological polar surface area (TPSA) is 136 Å². The highest BCUT2D eigenvalue weighted by Gasteiger charge is 2.31. The minimum absolute atomic E-state index is 0.0450. The van der Waals surface area contributed by atoms with Gasteiger partial charge in [0.1, 0.15) is 21.3 Å². The Morgan fingerprint density at radius 2 is 1.29 bits per heavy atom. The van der Waals surface area contributed by atoms with Crippen LogP contribution in [0, 0.1) is 0 Å². The summed E-state index contributed by atoms with van der Waals surface area (Å²) in [4.78, 5) is 0. The van der Waals surface area contributed by atoms with Crippen LogP contribution in [0.25, 0.3) is 27.5 Å². The van der Waals surface area contributed by atoms with E-state index in [2.05, 4.69) is 15.9 Å². The second-order valence-corrected chi connectivity index (χ2v) is 6.85. The Bertz CT molecular complexity index is 1270. The number of phenols is 6. The van der Waals surface area contributed by atoms with Crippen molar-refractivity contribution in [2.24, 2.45) is 0 Å². The number of phenolic OH excluding ortho intramolecular Hbond substituents is 6. The Morgan fingerprint density at radius 3 is 1.89 bits per heavy atom. The lowest BCUT2D eigenvalue weighted by Crippen LogP contribution is -1.95. The predicted octanol–water partition coefficient (Wildman–Crippen LogP) is 3.79. The van der Waals surface area contributed by atoms with Gasteiger partial charge in [-0.2, -0.15) is 0 Å². The SMILES string of the molecule is COc1c(O)c(O)c2c3c(O)c(Br)c(O)c(O)c3n(-c3ccccc3)c2c1O. The first-order chi connectivity index (χ1) is 13.3. The number of halogens is 1. The average Bonchev–Trinajstić information content (AvgIpc) is 3.06. The van der Waals surface area contributed by atoms with Crippen molar-refractivity contribution in [2.75, 3.05) is 7.11 Å². The number of aromatic hydroxyl groups is 6. The minimum Gasteiger partial charge on any atom is -0.506 e. The third-order valence-corrected chi connectivity index (χ3v) is 5.36. The maximum Gasteiger partial charge on any atom is 0.209 e. The van der Waals surface area contributed by atoms with Gasteiger partial charge in [-0.1, -0.05) is 18.2 Å². The lowest BCUT2D eigenvalue weighted by Gasteiger charge is -2.13. The molecule has 0 aliphatic rings. The molecular formula is C19H14BrNO7. The molecule has 0 amide bonds. The molecule has 8 nitrogen and oxygen atoms in total. The standard InChI is InChI=1S/C19H14BrNO7/c1-28-19-17(26)12-9(14(23)18(19)27)8-11(16(25)15(24)10(20)13(8)22)21(12)7-5-3-2-4-6-7/h2-6,22-27H,1H3. The fraction of sp³-hybridized carbons (Fsp3) is 0.0526. The zero-order valence-electron chi connectivity index (χ0n) is 14.3. The van der Waals surface area contributed by atoms with E-state index in [1.54, 1.807) is 30.3 Å². The highest BCUT2D eigenvalue weighted by atomic mass is 79.9. The largest absolute Gasteiger partial charge is 0.506 e. The Labute approximate surface area is 165 Å². The lowest BCUT2D eigenvalue weighted by atomic mass is 10.1. The fourth-order valence-electron chi connectivity index (χ4n) is 3.39. The van der Waals surface area contributed by atoms with Gasteiger partial charge in [-0.15, -0.1) is 0 Å². The van der Waals surface area contributed by atoms with Crippen molar-refractivity contribution < 1.29 is 35.4 Å². The number of nitrogens with zero attached hydrogens (tertiary/aromatic N) is 1. The monoisotopic (exact) mass is 447 g/mol. The molecular weight excluding hydrogens is 434 g/mol. The number of ether oxygens (including phenoxy) is 1. The van der Waals surface area contributed by atoms with E-state index in [1.807, 2.05) is 0 Å². The highest BCUT2D eigenvalue weighted by Crippen LogP contribution is 2.58. The molecule has 3 aromatic carbocycles. The van der Waals surface area contributed by atoms with Gasteiger partial charge < -0.3 is 39.9 Å². The number of hydrogen-bond acceptors (Lipinski definition) is 7. The van der Waals surface area contributed by atoms with Crippen LogP contribution in [-0.4, -0.2) is 42.3 Å². The van der Waals surface area contributed by atoms with Crippen LogP contribution in [-0.2, 0) is 0 Å². The van der Waals surface area contributed by atoms with Crippen LogP contribution >= 0.6 is 15.9 Å². The summed E-state index contributed by atoms with van der Waals surface area (Å²) in [6.07, 6.45) is 0. The van der Waals surface area contributed by atoms with Crippen LogP contribution in [0.1, 0.15) is 0 Å². The zero-order valence-corrected chi connectivity index (χ0v) is 15.9. The van der Waals surface area contributed by atoms with Gasteiger partial charge >= 0.3 is 0 Å². The molecule has 0 radical (unpaired) electrons. The molecule has 0 aliphatic carbocycles. The van der Waals surface area contributed by atoms with Crippen LogP contribution < -0.4 is 4.74 Å². The summed E-state index contributed by atoms with van der Waals surface area (Å²) in [7, 11) is 1.20. The van der Waals surface area contributed by atoms with Crippen molar-refractivity contribution in [1.29, 1.82) is 0 Å². The van der Waals surface area contributed by atoms with Gasteiger partial charge in [0.2, 0.25) is 11.5 Å². The molecule has 0 atom stereocenters. The molecule has 28 heavy (non-hydrogen) atoms. The normalized spacial score (nSPS) is 11.4. The highest BCUT2D eigenvalue weighted by molar-refractivity contribution is 9.10. The molecule has 0 saturated heterocycles. The molecule has 9 heteroatoms. The van der Waals surface area contributed by atoms with E-state index in [-0.39, 0.29) is 32.0 Å². The molecule has 4 aromatic rings. The number of aromatic nitrogens is 1. The van der Waals surface area contributed by atoms with Gasteiger partial charge in [0.05, 0.1) is 17.9 Å². The quantitative estimate of drug-likeness (QED) is 0.203. The van der Waals surface area contributed by atoms with E-state index in [0.717, 1.165) is 0 Å². The van der Waals surface area contributed by atoms with E-state index in [0.29, 0.717) is 5.69 Å². The zero-order chi connectivity index (χ0) is 20.3. The second kappa shape index (κ2) is 6.03. The van der Waals surface area contributed by atoms with E-state index in [4.69, 9.17) is 4.74 Å². The maximum absolute atomic E-state index is 10.8. The van der Waals surface area contributed by atoms with Crippen molar-refractivity contribution in [3.63, 3.8) is 0 Å². The van der Waals surface area contributed by atoms with Gasteiger partial charge in [-0.3, -0.25) is 0 Å².